The van der Waals surface area contributed by atoms with Gasteiger partial charge in [0.1, 0.15) is 5.69 Å². The lowest BCUT2D eigenvalue weighted by Crippen LogP contribution is -2.32. The molecule has 2 aliphatic rings. The van der Waals surface area contributed by atoms with Crippen LogP contribution in [0.3, 0.4) is 0 Å². The highest BCUT2D eigenvalue weighted by Gasteiger charge is 2.25. The van der Waals surface area contributed by atoms with Crippen LogP contribution in [0.1, 0.15) is 48.9 Å². The normalized spacial score (nSPS) is 18.6. The van der Waals surface area contributed by atoms with E-state index in [1.807, 2.05) is 4.90 Å². The maximum absolute atomic E-state index is 12.3. The Hall–Kier alpha value is -2.11. The first kappa shape index (κ1) is 14.8. The summed E-state index contributed by atoms with van der Waals surface area (Å²) in [4.78, 5) is 25.2. The van der Waals surface area contributed by atoms with Crippen LogP contribution in [0.4, 0.5) is 11.4 Å². The number of nitrogens with one attached hydrogen (secondary N) is 1. The number of carbonyl (C=O) groups is 1. The summed E-state index contributed by atoms with van der Waals surface area (Å²) in [5, 5.41) is 14.3. The number of hydrogen-bond donors (Lipinski definition) is 1. The van der Waals surface area contributed by atoms with Crippen LogP contribution in [-0.2, 0) is 0 Å². The predicted molar refractivity (Wildman–Crippen MR) is 84.3 cm³/mol. The zero-order valence-corrected chi connectivity index (χ0v) is 12.6. The molecule has 6 nitrogen and oxygen atoms in total. The molecule has 0 spiro atoms. The summed E-state index contributed by atoms with van der Waals surface area (Å²) in [6, 6.07) is 5.04. The van der Waals surface area contributed by atoms with E-state index in [0.29, 0.717) is 11.3 Å². The van der Waals surface area contributed by atoms with Crippen molar-refractivity contribution in [3.05, 3.63) is 33.9 Å². The molecule has 1 aromatic rings. The summed E-state index contributed by atoms with van der Waals surface area (Å²) >= 11 is 0. The van der Waals surface area contributed by atoms with Gasteiger partial charge in [0.15, 0.2) is 0 Å². The number of anilines is 1. The van der Waals surface area contributed by atoms with E-state index in [1.54, 1.807) is 12.1 Å². The topological polar surface area (TPSA) is 75.5 Å². The van der Waals surface area contributed by atoms with Crippen LogP contribution in [0, 0.1) is 10.1 Å². The smallest absolute Gasteiger partial charge is 0.293 e. The Labute approximate surface area is 129 Å². The van der Waals surface area contributed by atoms with Crippen molar-refractivity contribution in [3.8, 4) is 0 Å². The quantitative estimate of drug-likeness (QED) is 0.685. The van der Waals surface area contributed by atoms with Crippen LogP contribution in [0.2, 0.25) is 0 Å². The van der Waals surface area contributed by atoms with Gasteiger partial charge < -0.3 is 10.2 Å². The molecule has 1 saturated heterocycles. The second kappa shape index (κ2) is 6.34. The molecule has 22 heavy (non-hydrogen) atoms. The van der Waals surface area contributed by atoms with E-state index in [0.717, 1.165) is 51.6 Å². The first-order chi connectivity index (χ1) is 10.6. The molecule has 0 aromatic heterocycles. The Morgan fingerprint density at radius 1 is 1.18 bits per heavy atom. The van der Waals surface area contributed by atoms with Gasteiger partial charge in [-0.25, -0.2) is 0 Å². The van der Waals surface area contributed by atoms with E-state index in [9.17, 15) is 14.9 Å². The van der Waals surface area contributed by atoms with Crippen LogP contribution in [0.15, 0.2) is 18.2 Å². The molecule has 1 amide bonds. The van der Waals surface area contributed by atoms with Gasteiger partial charge in [0.2, 0.25) is 0 Å². The highest BCUT2D eigenvalue weighted by atomic mass is 16.6. The average molecular weight is 303 g/mol. The number of nitrogens with zero attached hydrogens (tertiary/aromatic N) is 2. The number of nitro benzene ring substituents is 1. The Morgan fingerprint density at radius 3 is 2.50 bits per heavy atom. The fourth-order valence-corrected chi connectivity index (χ4v) is 3.38. The number of benzene rings is 1. The molecule has 1 saturated carbocycles. The van der Waals surface area contributed by atoms with Crippen molar-refractivity contribution in [2.75, 3.05) is 18.0 Å². The van der Waals surface area contributed by atoms with Gasteiger partial charge in [-0.1, -0.05) is 12.8 Å². The highest BCUT2D eigenvalue weighted by molar-refractivity contribution is 5.96. The first-order valence-corrected chi connectivity index (χ1v) is 7.99. The van der Waals surface area contributed by atoms with Crippen molar-refractivity contribution in [2.24, 2.45) is 0 Å². The minimum absolute atomic E-state index is 0.0287. The van der Waals surface area contributed by atoms with E-state index in [1.165, 1.54) is 6.07 Å². The third kappa shape index (κ3) is 3.05. The van der Waals surface area contributed by atoms with Gasteiger partial charge in [-0.05, 0) is 37.8 Å². The summed E-state index contributed by atoms with van der Waals surface area (Å²) < 4.78 is 0. The highest BCUT2D eigenvalue weighted by Crippen LogP contribution is 2.31. The summed E-state index contributed by atoms with van der Waals surface area (Å²) in [6.07, 6.45) is 6.39. The summed E-state index contributed by atoms with van der Waals surface area (Å²) in [5.41, 5.74) is 1.03. The molecule has 1 aliphatic heterocycles. The molecule has 0 radical (unpaired) electrons. The van der Waals surface area contributed by atoms with E-state index in [-0.39, 0.29) is 22.6 Å². The molecular weight excluding hydrogens is 282 g/mol. The van der Waals surface area contributed by atoms with E-state index in [4.69, 9.17) is 0 Å². The SMILES string of the molecule is O=C(NC1CCCC1)c1ccc(N2CCCC2)c([N+](=O)[O-])c1. The van der Waals surface area contributed by atoms with Gasteiger partial charge >= 0.3 is 0 Å². The van der Waals surface area contributed by atoms with Crippen molar-refractivity contribution < 1.29 is 9.72 Å². The molecule has 3 rings (SSSR count). The van der Waals surface area contributed by atoms with Crippen LogP contribution >= 0.6 is 0 Å². The van der Waals surface area contributed by atoms with Crippen molar-refractivity contribution in [2.45, 2.75) is 44.6 Å². The van der Waals surface area contributed by atoms with Crippen LogP contribution in [0.5, 0.6) is 0 Å². The number of nitro groups is 1. The molecule has 2 fully saturated rings. The molecular formula is C16H21N3O3. The van der Waals surface area contributed by atoms with Crippen LogP contribution in [0.25, 0.3) is 0 Å². The van der Waals surface area contributed by atoms with Crippen molar-refractivity contribution in [3.63, 3.8) is 0 Å². The number of amides is 1. The minimum Gasteiger partial charge on any atom is -0.366 e. The summed E-state index contributed by atoms with van der Waals surface area (Å²) in [5.74, 6) is -0.206. The maximum atomic E-state index is 12.3. The van der Waals surface area contributed by atoms with E-state index < -0.39 is 0 Å². The molecule has 1 N–H and O–H groups in total. The third-order valence-electron chi connectivity index (χ3n) is 4.57. The zero-order valence-electron chi connectivity index (χ0n) is 12.6. The molecule has 118 valence electrons. The standard InChI is InChI=1S/C16H21N3O3/c20-16(17-13-5-1-2-6-13)12-7-8-14(15(11-12)19(21)22)18-9-3-4-10-18/h7-8,11,13H,1-6,9-10H2,(H,17,20). The van der Waals surface area contributed by atoms with Crippen LogP contribution < -0.4 is 10.2 Å². The lowest BCUT2D eigenvalue weighted by Gasteiger charge is -2.18. The van der Waals surface area contributed by atoms with E-state index in [2.05, 4.69) is 5.32 Å². The molecule has 1 heterocycles. The van der Waals surface area contributed by atoms with Crippen molar-refractivity contribution >= 4 is 17.3 Å². The fourth-order valence-electron chi connectivity index (χ4n) is 3.38. The van der Waals surface area contributed by atoms with Gasteiger partial charge in [-0.3, -0.25) is 14.9 Å². The third-order valence-corrected chi connectivity index (χ3v) is 4.57. The van der Waals surface area contributed by atoms with Gasteiger partial charge in [0.25, 0.3) is 11.6 Å². The number of hydrogen-bond acceptors (Lipinski definition) is 4. The average Bonchev–Trinajstić information content (AvgIpc) is 3.19. The Balaban J connectivity index is 1.81. The Bertz CT molecular complexity index is 576. The maximum Gasteiger partial charge on any atom is 0.293 e. The van der Waals surface area contributed by atoms with Crippen molar-refractivity contribution in [1.29, 1.82) is 0 Å². The molecule has 6 heteroatoms. The van der Waals surface area contributed by atoms with Gasteiger partial charge in [-0.15, -0.1) is 0 Å². The molecule has 1 aromatic carbocycles. The first-order valence-electron chi connectivity index (χ1n) is 7.99. The lowest BCUT2D eigenvalue weighted by atomic mass is 10.1. The van der Waals surface area contributed by atoms with Crippen molar-refractivity contribution in [1.82, 2.24) is 5.32 Å². The molecule has 0 bridgehead atoms. The van der Waals surface area contributed by atoms with Gasteiger partial charge in [0, 0.05) is 30.8 Å². The second-order valence-electron chi connectivity index (χ2n) is 6.11. The van der Waals surface area contributed by atoms with Crippen LogP contribution in [-0.4, -0.2) is 30.0 Å². The predicted octanol–water partition coefficient (Wildman–Crippen LogP) is 2.87. The molecule has 0 unspecified atom stereocenters. The second-order valence-corrected chi connectivity index (χ2v) is 6.11. The molecule has 1 aliphatic carbocycles. The van der Waals surface area contributed by atoms with E-state index >= 15 is 0 Å². The summed E-state index contributed by atoms with van der Waals surface area (Å²) in [6.45, 7) is 1.68. The Morgan fingerprint density at radius 2 is 1.86 bits per heavy atom. The number of rotatable bonds is 4. The zero-order chi connectivity index (χ0) is 15.5. The largest absolute Gasteiger partial charge is 0.366 e. The minimum atomic E-state index is -0.389. The fraction of sp³-hybridized carbons (Fsp3) is 0.562. The van der Waals surface area contributed by atoms with Gasteiger partial charge in [-0.2, -0.15) is 0 Å². The number of carbonyl (C=O) groups excluding carboxylic acids is 1. The molecule has 0 atom stereocenters. The van der Waals surface area contributed by atoms with Gasteiger partial charge in [0.05, 0.1) is 4.92 Å². The lowest BCUT2D eigenvalue weighted by molar-refractivity contribution is -0.384. The summed E-state index contributed by atoms with van der Waals surface area (Å²) in [7, 11) is 0. The monoisotopic (exact) mass is 303 g/mol. The Kier molecular flexibility index (Phi) is 4.27.